The molecule has 0 bridgehead atoms. The number of aryl methyl sites for hydroxylation is 1. The molecule has 1 aromatic heterocycles. The third-order valence-corrected chi connectivity index (χ3v) is 4.30. The average Bonchev–Trinajstić information content (AvgIpc) is 2.82. The summed E-state index contributed by atoms with van der Waals surface area (Å²) in [6.45, 7) is 6.37. The number of carbonyl (C=O) groups excluding carboxylic acids is 3. The molecule has 2 rings (SSSR count). The molecule has 0 radical (unpaired) electrons. The van der Waals surface area contributed by atoms with E-state index in [1.807, 2.05) is 0 Å². The Labute approximate surface area is 148 Å². The number of carbonyl (C=O) groups is 3. The van der Waals surface area contributed by atoms with Crippen LogP contribution in [0.3, 0.4) is 0 Å². The van der Waals surface area contributed by atoms with Gasteiger partial charge in [0.1, 0.15) is 5.69 Å². The molecule has 24 heavy (non-hydrogen) atoms. The molecular weight excluding hydrogens is 374 g/mol. The summed E-state index contributed by atoms with van der Waals surface area (Å²) in [7, 11) is 0. The van der Waals surface area contributed by atoms with Gasteiger partial charge < -0.3 is 9.72 Å². The van der Waals surface area contributed by atoms with Crippen molar-refractivity contribution in [2.24, 2.45) is 0 Å². The predicted octanol–water partition coefficient (Wildman–Crippen LogP) is 4.02. The number of Topliss-reactive ketones (excluding diaryl/α,β-unsaturated/α-hetero) is 2. The highest BCUT2D eigenvalue weighted by molar-refractivity contribution is 9.10. The van der Waals surface area contributed by atoms with Crippen molar-refractivity contribution in [2.45, 2.75) is 33.8 Å². The van der Waals surface area contributed by atoms with Crippen LogP contribution in [0, 0.1) is 13.8 Å². The van der Waals surface area contributed by atoms with E-state index < -0.39 is 12.1 Å². The average molecular weight is 392 g/mol. The topological polar surface area (TPSA) is 76.2 Å². The molecule has 2 aromatic rings. The van der Waals surface area contributed by atoms with Crippen LogP contribution >= 0.6 is 15.9 Å². The van der Waals surface area contributed by atoms with Crippen LogP contribution in [0.1, 0.15) is 56.3 Å². The zero-order valence-electron chi connectivity index (χ0n) is 13.9. The number of nitrogens with one attached hydrogen (secondary N) is 1. The number of hydrogen-bond donors (Lipinski definition) is 1. The van der Waals surface area contributed by atoms with Gasteiger partial charge in [-0.25, -0.2) is 4.79 Å². The minimum absolute atomic E-state index is 0.126. The van der Waals surface area contributed by atoms with Crippen molar-refractivity contribution in [1.82, 2.24) is 4.98 Å². The second-order valence-corrected chi connectivity index (χ2v) is 6.52. The molecule has 1 atom stereocenters. The molecule has 1 unspecified atom stereocenters. The van der Waals surface area contributed by atoms with Crippen LogP contribution in [0.15, 0.2) is 28.7 Å². The molecule has 0 saturated carbocycles. The molecule has 0 aliphatic rings. The predicted molar refractivity (Wildman–Crippen MR) is 93.6 cm³/mol. The van der Waals surface area contributed by atoms with Gasteiger partial charge in [-0.05, 0) is 45.4 Å². The van der Waals surface area contributed by atoms with E-state index in [-0.39, 0.29) is 17.3 Å². The Kier molecular flexibility index (Phi) is 5.39. The molecule has 0 aliphatic heterocycles. The molecule has 5 nitrogen and oxygen atoms in total. The van der Waals surface area contributed by atoms with Crippen molar-refractivity contribution in [2.75, 3.05) is 0 Å². The van der Waals surface area contributed by atoms with Crippen LogP contribution in [0.4, 0.5) is 0 Å². The third-order valence-electron chi connectivity index (χ3n) is 3.78. The lowest BCUT2D eigenvalue weighted by Gasteiger charge is -2.12. The molecule has 0 amide bonds. The van der Waals surface area contributed by atoms with Gasteiger partial charge in [0.15, 0.2) is 11.9 Å². The fourth-order valence-corrected chi connectivity index (χ4v) is 2.87. The van der Waals surface area contributed by atoms with Gasteiger partial charge in [-0.3, -0.25) is 9.59 Å². The number of ketones is 2. The maximum Gasteiger partial charge on any atom is 0.355 e. The Morgan fingerprint density at radius 2 is 1.71 bits per heavy atom. The van der Waals surface area contributed by atoms with Crippen molar-refractivity contribution in [3.63, 3.8) is 0 Å². The van der Waals surface area contributed by atoms with Crippen LogP contribution in [0.2, 0.25) is 0 Å². The Hall–Kier alpha value is -2.21. The lowest BCUT2D eigenvalue weighted by molar-refractivity contribution is 0.0313. The molecule has 1 N–H and O–H groups in total. The van der Waals surface area contributed by atoms with Gasteiger partial charge in [-0.15, -0.1) is 0 Å². The smallest absolute Gasteiger partial charge is 0.355 e. The maximum absolute atomic E-state index is 12.3. The van der Waals surface area contributed by atoms with Gasteiger partial charge in [-0.2, -0.15) is 0 Å². The Morgan fingerprint density at radius 3 is 2.21 bits per heavy atom. The molecular formula is C18H18BrNO4. The first-order valence-electron chi connectivity index (χ1n) is 7.43. The number of rotatable bonds is 5. The normalized spacial score (nSPS) is 11.9. The van der Waals surface area contributed by atoms with Crippen molar-refractivity contribution in [3.05, 3.63) is 56.8 Å². The van der Waals surface area contributed by atoms with Crippen molar-refractivity contribution >= 4 is 33.5 Å². The molecule has 1 heterocycles. The quantitative estimate of drug-likeness (QED) is 0.616. The first kappa shape index (κ1) is 18.1. The first-order chi connectivity index (χ1) is 11.2. The van der Waals surface area contributed by atoms with Crippen molar-refractivity contribution in [3.8, 4) is 0 Å². The number of esters is 1. The Bertz CT molecular complexity index is 805. The monoisotopic (exact) mass is 391 g/mol. The summed E-state index contributed by atoms with van der Waals surface area (Å²) in [5, 5.41) is 0. The summed E-state index contributed by atoms with van der Waals surface area (Å²) in [5.74, 6) is -1.07. The van der Waals surface area contributed by atoms with Gasteiger partial charge in [0.2, 0.25) is 5.78 Å². The standard InChI is InChI=1S/C18H18BrNO4/c1-9-15(11(3)21)10(2)20-16(9)18(23)24-12(4)17(22)13-5-7-14(19)8-6-13/h5-8,12,20H,1-4H3. The SMILES string of the molecule is CC(=O)c1c(C)[nH]c(C(=O)OC(C)C(=O)c2ccc(Br)cc2)c1C. The highest BCUT2D eigenvalue weighted by Crippen LogP contribution is 2.20. The number of aromatic nitrogens is 1. The second-order valence-electron chi connectivity index (χ2n) is 5.60. The van der Waals surface area contributed by atoms with Gasteiger partial charge >= 0.3 is 5.97 Å². The Morgan fingerprint density at radius 1 is 1.12 bits per heavy atom. The molecule has 0 spiro atoms. The maximum atomic E-state index is 12.3. The van der Waals surface area contributed by atoms with Crippen LogP contribution in [-0.2, 0) is 4.74 Å². The molecule has 1 aromatic carbocycles. The fourth-order valence-electron chi connectivity index (χ4n) is 2.60. The summed E-state index contributed by atoms with van der Waals surface area (Å²) < 4.78 is 6.13. The zero-order chi connectivity index (χ0) is 18.0. The lowest BCUT2D eigenvalue weighted by atomic mass is 10.1. The number of halogens is 1. The summed E-state index contributed by atoms with van der Waals surface area (Å²) in [6, 6.07) is 6.82. The largest absolute Gasteiger partial charge is 0.450 e. The molecule has 0 aliphatic carbocycles. The summed E-state index contributed by atoms with van der Waals surface area (Å²) in [4.78, 5) is 39.2. The minimum Gasteiger partial charge on any atom is -0.450 e. The minimum atomic E-state index is -0.928. The second kappa shape index (κ2) is 7.13. The summed E-state index contributed by atoms with van der Waals surface area (Å²) in [5.41, 5.74) is 2.29. The van der Waals surface area contributed by atoms with Gasteiger partial charge in [0.25, 0.3) is 0 Å². The highest BCUT2D eigenvalue weighted by Gasteiger charge is 2.25. The van der Waals surface area contributed by atoms with Crippen molar-refractivity contribution in [1.29, 1.82) is 0 Å². The van der Waals surface area contributed by atoms with Crippen LogP contribution < -0.4 is 0 Å². The van der Waals surface area contributed by atoms with Crippen LogP contribution in [0.5, 0.6) is 0 Å². The fraction of sp³-hybridized carbons (Fsp3) is 0.278. The molecule has 126 valence electrons. The third kappa shape index (κ3) is 3.64. The molecule has 0 fully saturated rings. The van der Waals surface area contributed by atoms with Gasteiger partial charge in [-0.1, -0.05) is 28.1 Å². The first-order valence-corrected chi connectivity index (χ1v) is 8.22. The van der Waals surface area contributed by atoms with E-state index in [0.29, 0.717) is 22.4 Å². The van der Waals surface area contributed by atoms with E-state index in [1.54, 1.807) is 38.1 Å². The molecule has 0 saturated heterocycles. The summed E-state index contributed by atoms with van der Waals surface area (Å²) in [6.07, 6.45) is -0.928. The number of aromatic amines is 1. The summed E-state index contributed by atoms with van der Waals surface area (Å²) >= 11 is 3.30. The number of ether oxygens (including phenoxy) is 1. The van der Waals surface area contributed by atoms with Gasteiger partial charge in [0.05, 0.1) is 0 Å². The van der Waals surface area contributed by atoms with E-state index in [4.69, 9.17) is 4.74 Å². The van der Waals surface area contributed by atoms with E-state index in [2.05, 4.69) is 20.9 Å². The number of benzene rings is 1. The van der Waals surface area contributed by atoms with Gasteiger partial charge in [0, 0.05) is 21.3 Å². The highest BCUT2D eigenvalue weighted by atomic mass is 79.9. The lowest BCUT2D eigenvalue weighted by Crippen LogP contribution is -2.25. The van der Waals surface area contributed by atoms with Crippen LogP contribution in [-0.4, -0.2) is 28.6 Å². The van der Waals surface area contributed by atoms with Crippen molar-refractivity contribution < 1.29 is 19.1 Å². The van der Waals surface area contributed by atoms with E-state index in [9.17, 15) is 14.4 Å². The Balaban J connectivity index is 2.17. The zero-order valence-corrected chi connectivity index (χ0v) is 15.5. The number of hydrogen-bond acceptors (Lipinski definition) is 4. The van der Waals surface area contributed by atoms with Crippen LogP contribution in [0.25, 0.3) is 0 Å². The van der Waals surface area contributed by atoms with E-state index in [0.717, 1.165) is 4.47 Å². The molecule has 6 heteroatoms. The van der Waals surface area contributed by atoms with E-state index >= 15 is 0 Å². The van der Waals surface area contributed by atoms with E-state index in [1.165, 1.54) is 13.8 Å². The number of H-pyrrole nitrogens is 1.